The zero-order valence-corrected chi connectivity index (χ0v) is 13.8. The van der Waals surface area contributed by atoms with Crippen molar-refractivity contribution in [3.63, 3.8) is 0 Å². The number of rotatable bonds is 1. The highest BCUT2D eigenvalue weighted by molar-refractivity contribution is 9.10. The molecule has 3 rings (SSSR count). The van der Waals surface area contributed by atoms with Crippen molar-refractivity contribution in [3.05, 3.63) is 34.6 Å². The molecule has 1 fully saturated rings. The van der Waals surface area contributed by atoms with Gasteiger partial charge in [-0.15, -0.1) is 0 Å². The zero-order valence-electron chi connectivity index (χ0n) is 11.4. The van der Waals surface area contributed by atoms with Gasteiger partial charge in [-0.2, -0.15) is 0 Å². The van der Waals surface area contributed by atoms with Crippen LogP contribution in [-0.4, -0.2) is 37.5 Å². The SMILES string of the molecule is CC1CN(c2ccc3cc(Br)c(F)cc3n2)CCS1(=O)=O. The van der Waals surface area contributed by atoms with Crippen molar-refractivity contribution in [1.29, 1.82) is 0 Å². The molecular formula is C14H14BrFN2O2S. The third-order valence-corrected chi connectivity index (χ3v) is 6.51. The molecule has 1 aliphatic heterocycles. The Kier molecular flexibility index (Phi) is 3.65. The Morgan fingerprint density at radius 3 is 2.86 bits per heavy atom. The van der Waals surface area contributed by atoms with Gasteiger partial charge in [0.05, 0.1) is 21.0 Å². The number of aromatic nitrogens is 1. The van der Waals surface area contributed by atoms with Gasteiger partial charge in [0, 0.05) is 24.5 Å². The number of sulfone groups is 1. The molecule has 21 heavy (non-hydrogen) atoms. The molecule has 7 heteroatoms. The molecule has 0 amide bonds. The summed E-state index contributed by atoms with van der Waals surface area (Å²) in [4.78, 5) is 6.39. The number of fused-ring (bicyclic) bond motifs is 1. The van der Waals surface area contributed by atoms with Gasteiger partial charge >= 0.3 is 0 Å². The Balaban J connectivity index is 1.96. The lowest BCUT2D eigenvalue weighted by Crippen LogP contribution is -2.45. The molecule has 0 spiro atoms. The van der Waals surface area contributed by atoms with Crippen molar-refractivity contribution < 1.29 is 12.8 Å². The molecule has 2 heterocycles. The van der Waals surface area contributed by atoms with Crippen LogP contribution in [0.2, 0.25) is 0 Å². The van der Waals surface area contributed by atoms with E-state index in [0.717, 1.165) is 5.39 Å². The quantitative estimate of drug-likeness (QED) is 0.772. The van der Waals surface area contributed by atoms with E-state index < -0.39 is 15.1 Å². The summed E-state index contributed by atoms with van der Waals surface area (Å²) >= 11 is 3.15. The predicted molar refractivity (Wildman–Crippen MR) is 84.9 cm³/mol. The number of hydrogen-bond acceptors (Lipinski definition) is 4. The molecule has 1 saturated heterocycles. The minimum absolute atomic E-state index is 0.128. The van der Waals surface area contributed by atoms with Crippen molar-refractivity contribution in [2.24, 2.45) is 0 Å². The average Bonchev–Trinajstić information content (AvgIpc) is 2.43. The van der Waals surface area contributed by atoms with E-state index in [9.17, 15) is 12.8 Å². The second-order valence-corrected chi connectivity index (χ2v) is 8.65. The Hall–Kier alpha value is -1.21. The summed E-state index contributed by atoms with van der Waals surface area (Å²) in [5.41, 5.74) is 0.564. The minimum Gasteiger partial charge on any atom is -0.354 e. The second-order valence-electron chi connectivity index (χ2n) is 5.25. The molecule has 0 aliphatic carbocycles. The highest BCUT2D eigenvalue weighted by atomic mass is 79.9. The first kappa shape index (κ1) is 14.7. The maximum atomic E-state index is 13.6. The first-order valence-electron chi connectivity index (χ1n) is 6.59. The van der Waals surface area contributed by atoms with Gasteiger partial charge in [-0.3, -0.25) is 0 Å². The van der Waals surface area contributed by atoms with E-state index in [1.54, 1.807) is 13.0 Å². The fourth-order valence-corrected chi connectivity index (χ4v) is 4.09. The smallest absolute Gasteiger partial charge is 0.156 e. The van der Waals surface area contributed by atoms with Crippen LogP contribution in [0.3, 0.4) is 0 Å². The second kappa shape index (κ2) is 5.21. The summed E-state index contributed by atoms with van der Waals surface area (Å²) in [6.45, 7) is 2.55. The standard InChI is InChI=1S/C14H14BrFN2O2S/c1-9-8-18(4-5-21(9,19)20)14-3-2-10-6-11(15)12(16)7-13(10)17-14/h2-3,6-7,9H,4-5,8H2,1H3. The molecule has 1 unspecified atom stereocenters. The minimum atomic E-state index is -2.99. The van der Waals surface area contributed by atoms with Crippen LogP contribution in [0.25, 0.3) is 10.9 Å². The maximum absolute atomic E-state index is 13.6. The fraction of sp³-hybridized carbons (Fsp3) is 0.357. The molecule has 1 aromatic heterocycles. The van der Waals surface area contributed by atoms with Gasteiger partial charge in [0.25, 0.3) is 0 Å². The van der Waals surface area contributed by atoms with Crippen LogP contribution < -0.4 is 4.90 Å². The third-order valence-electron chi connectivity index (χ3n) is 3.78. The van der Waals surface area contributed by atoms with Gasteiger partial charge in [-0.1, -0.05) is 0 Å². The largest absolute Gasteiger partial charge is 0.354 e. The van der Waals surface area contributed by atoms with Crippen molar-refractivity contribution in [2.75, 3.05) is 23.7 Å². The number of nitrogens with zero attached hydrogens (tertiary/aromatic N) is 2. The molecule has 0 radical (unpaired) electrons. The Morgan fingerprint density at radius 1 is 1.38 bits per heavy atom. The molecule has 0 bridgehead atoms. The van der Waals surface area contributed by atoms with E-state index in [1.807, 2.05) is 17.0 Å². The summed E-state index contributed by atoms with van der Waals surface area (Å²) < 4.78 is 37.5. The van der Waals surface area contributed by atoms with Gasteiger partial charge in [-0.25, -0.2) is 17.8 Å². The molecule has 0 N–H and O–H groups in total. The molecule has 4 nitrogen and oxygen atoms in total. The maximum Gasteiger partial charge on any atom is 0.156 e. The van der Waals surface area contributed by atoms with Crippen LogP contribution >= 0.6 is 15.9 Å². The first-order chi connectivity index (χ1) is 9.87. The van der Waals surface area contributed by atoms with Crippen LogP contribution in [0, 0.1) is 5.82 Å². The molecule has 1 atom stereocenters. The molecule has 1 aliphatic rings. The Morgan fingerprint density at radius 2 is 2.14 bits per heavy atom. The summed E-state index contributed by atoms with van der Waals surface area (Å²) in [6, 6.07) is 6.78. The first-order valence-corrected chi connectivity index (χ1v) is 9.10. The van der Waals surface area contributed by atoms with Crippen molar-refractivity contribution >= 4 is 42.5 Å². The third kappa shape index (κ3) is 2.76. The molecule has 112 valence electrons. The number of hydrogen-bond donors (Lipinski definition) is 0. The van der Waals surface area contributed by atoms with Crippen LogP contribution in [0.15, 0.2) is 28.7 Å². The number of benzene rings is 1. The van der Waals surface area contributed by atoms with E-state index in [0.29, 0.717) is 28.9 Å². The summed E-state index contributed by atoms with van der Waals surface area (Å²) in [7, 11) is -2.99. The summed E-state index contributed by atoms with van der Waals surface area (Å²) in [6.07, 6.45) is 0. The number of anilines is 1. The van der Waals surface area contributed by atoms with E-state index in [1.165, 1.54) is 6.07 Å². The van der Waals surface area contributed by atoms with Gasteiger partial charge in [0.1, 0.15) is 11.6 Å². The Labute approximate surface area is 131 Å². The zero-order chi connectivity index (χ0) is 15.2. The normalized spacial score (nSPS) is 21.7. The van der Waals surface area contributed by atoms with Gasteiger partial charge in [0.2, 0.25) is 0 Å². The molecular weight excluding hydrogens is 359 g/mol. The van der Waals surface area contributed by atoms with Gasteiger partial charge in [-0.05, 0) is 41.1 Å². The van der Waals surface area contributed by atoms with Gasteiger partial charge < -0.3 is 4.90 Å². The highest BCUT2D eigenvalue weighted by Crippen LogP contribution is 2.25. The van der Waals surface area contributed by atoms with E-state index >= 15 is 0 Å². The summed E-state index contributed by atoms with van der Waals surface area (Å²) in [5.74, 6) is 0.454. The van der Waals surface area contributed by atoms with Crippen LogP contribution in [0.4, 0.5) is 10.2 Å². The Bertz CT molecular complexity index is 810. The molecule has 0 saturated carbocycles. The topological polar surface area (TPSA) is 50.3 Å². The van der Waals surface area contributed by atoms with E-state index in [4.69, 9.17) is 0 Å². The highest BCUT2D eigenvalue weighted by Gasteiger charge is 2.29. The van der Waals surface area contributed by atoms with Gasteiger partial charge in [0.15, 0.2) is 9.84 Å². The van der Waals surface area contributed by atoms with E-state index in [-0.39, 0.29) is 11.6 Å². The average molecular weight is 373 g/mol. The van der Waals surface area contributed by atoms with Crippen LogP contribution in [0.1, 0.15) is 6.92 Å². The van der Waals surface area contributed by atoms with Crippen molar-refractivity contribution in [3.8, 4) is 0 Å². The van der Waals surface area contributed by atoms with Crippen molar-refractivity contribution in [2.45, 2.75) is 12.2 Å². The van der Waals surface area contributed by atoms with Crippen LogP contribution in [-0.2, 0) is 9.84 Å². The lowest BCUT2D eigenvalue weighted by molar-refractivity contribution is 0.568. The van der Waals surface area contributed by atoms with Crippen molar-refractivity contribution in [1.82, 2.24) is 4.98 Å². The number of halogens is 2. The predicted octanol–water partition coefficient (Wildman–Crippen LogP) is 2.76. The lowest BCUT2D eigenvalue weighted by Gasteiger charge is -2.31. The fourth-order valence-electron chi connectivity index (χ4n) is 2.45. The van der Waals surface area contributed by atoms with E-state index in [2.05, 4.69) is 20.9 Å². The van der Waals surface area contributed by atoms with Crippen LogP contribution in [0.5, 0.6) is 0 Å². The summed E-state index contributed by atoms with van der Waals surface area (Å²) in [5, 5.41) is 0.426. The molecule has 2 aromatic rings. The number of pyridine rings is 1. The monoisotopic (exact) mass is 372 g/mol. The molecule has 1 aromatic carbocycles. The lowest BCUT2D eigenvalue weighted by atomic mass is 10.2.